The maximum atomic E-state index is 5.45. The Kier molecular flexibility index (Phi) is 14.5. The van der Waals surface area contributed by atoms with Crippen molar-refractivity contribution in [3.63, 3.8) is 0 Å². The number of fused-ring (bicyclic) bond motifs is 5. The number of nitrogens with zero attached hydrogens (tertiary/aromatic N) is 3. The van der Waals surface area contributed by atoms with Crippen LogP contribution < -0.4 is 0 Å². The van der Waals surface area contributed by atoms with E-state index in [2.05, 4.69) is 273 Å². The average molecular weight is 1340 g/mol. The summed E-state index contributed by atoms with van der Waals surface area (Å²) in [6, 6.07) is 97.4. The summed E-state index contributed by atoms with van der Waals surface area (Å²) in [4.78, 5) is 16.3. The Morgan fingerprint density at radius 1 is 0.183 bits per heavy atom. The van der Waals surface area contributed by atoms with Gasteiger partial charge >= 0.3 is 0 Å². The molecule has 3 aromatic heterocycles. The Labute approximate surface area is 612 Å². The number of hydrogen-bond donors (Lipinski definition) is 0. The first kappa shape index (κ1) is 61.2. The molecular weight excluding hydrogens is 1260 g/mol. The van der Waals surface area contributed by atoms with E-state index < -0.39 is 0 Å². The molecule has 24 rings (SSSR count). The van der Waals surface area contributed by atoms with Crippen molar-refractivity contribution < 1.29 is 0 Å². The molecule has 6 fully saturated rings. The zero-order chi connectivity index (χ0) is 68.1. The van der Waals surface area contributed by atoms with E-state index in [9.17, 15) is 0 Å². The van der Waals surface area contributed by atoms with E-state index in [-0.39, 0.29) is 0 Å². The molecule has 11 aliphatic rings. The molecule has 3 nitrogen and oxygen atoms in total. The predicted molar refractivity (Wildman–Crippen MR) is 427 cm³/mol. The van der Waals surface area contributed by atoms with E-state index >= 15 is 0 Å². The van der Waals surface area contributed by atoms with Crippen molar-refractivity contribution in [2.75, 3.05) is 0 Å². The van der Waals surface area contributed by atoms with Crippen LogP contribution >= 0.6 is 0 Å². The van der Waals surface area contributed by atoms with Gasteiger partial charge in [0.2, 0.25) is 0 Å². The van der Waals surface area contributed by atoms with Gasteiger partial charge in [0.1, 0.15) is 0 Å². The second-order valence-corrected chi connectivity index (χ2v) is 33.5. The van der Waals surface area contributed by atoms with Crippen molar-refractivity contribution in [2.24, 2.45) is 35.5 Å². The summed E-state index contributed by atoms with van der Waals surface area (Å²) < 4.78 is 0. The molecule has 0 spiro atoms. The second kappa shape index (κ2) is 24.7. The van der Waals surface area contributed by atoms with E-state index in [0.717, 1.165) is 125 Å². The van der Waals surface area contributed by atoms with Gasteiger partial charge in [0.15, 0.2) is 0 Å². The minimum atomic E-state index is 0.670. The first-order valence-electron chi connectivity index (χ1n) is 39.4. The third kappa shape index (κ3) is 10.7. The van der Waals surface area contributed by atoms with Crippen molar-refractivity contribution >= 4 is 0 Å². The Morgan fingerprint density at radius 3 is 0.846 bits per heavy atom. The quantitative estimate of drug-likeness (QED) is 0.122. The molecular formula is C101H85N3. The van der Waals surface area contributed by atoms with Crippen LogP contribution in [0.5, 0.6) is 0 Å². The molecule has 11 bridgehead atoms. The molecule has 0 aliphatic heterocycles. The first-order chi connectivity index (χ1) is 51.4. The lowest BCUT2D eigenvalue weighted by Crippen LogP contribution is -2.25. The standard InChI is InChI=1S/C101H85N3/c1-4-10-65(11-5-1)68-16-25-88(93(51-68)74-22-31-99(102-57-74)71-19-28-86-77-36-60-34-61(37-77)41-79(40-60)96(86)54-71)83-48-84(89-26-17-69(66-12-6-2-7-13-66)52-94(89)75-23-32-100(103-58-75)72-20-29-87-78-38-62-35-63(39-78)43-80(42-62)97(87)55-72)50-85(49-83)90-27-18-70(67-14-8-3-9-15-67)53-95(90)76-24-33-101(104-59-76)73-21-30-91-92-46-64-44-81(92)47-82(45-64)98(91)56-73/h1-33,48-64,77-82,92H,34-47H2. The van der Waals surface area contributed by atoms with Crippen LogP contribution in [0.15, 0.2) is 273 Å². The van der Waals surface area contributed by atoms with E-state index in [0.29, 0.717) is 29.6 Å². The average Bonchev–Trinajstić information content (AvgIpc) is 1.36. The predicted octanol–water partition coefficient (Wildman–Crippen LogP) is 26.7. The summed E-state index contributed by atoms with van der Waals surface area (Å²) in [5.74, 6) is 9.48. The lowest BCUT2D eigenvalue weighted by atomic mass is 9.67. The summed E-state index contributed by atoms with van der Waals surface area (Å²) in [5, 5.41) is 0. The van der Waals surface area contributed by atoms with Gasteiger partial charge in [-0.3, -0.25) is 15.0 Å². The number of benzene rings is 10. The molecule has 104 heavy (non-hydrogen) atoms. The normalized spacial score (nSPS) is 24.6. The minimum absolute atomic E-state index is 0.670. The van der Waals surface area contributed by atoms with Gasteiger partial charge in [0.05, 0.1) is 17.1 Å². The maximum absolute atomic E-state index is 5.45. The lowest BCUT2D eigenvalue weighted by molar-refractivity contribution is 0.165. The fourth-order valence-corrected chi connectivity index (χ4v) is 23.1. The summed E-state index contributed by atoms with van der Waals surface area (Å²) in [6.07, 6.45) is 25.7. The molecule has 6 saturated carbocycles. The SMILES string of the molecule is c1ccc(-c2ccc(-c3cc(-c4ccc(-c5ccccc5)cc4-c4ccc(-c5ccc6c(c5)C5CC7CC(CC6C7)C5)nc4)cc(-c4ccc(-c5ccccc5)cc4-c4ccc(-c5ccc6c(c5)C5CC7CC(C5)C6C7)nc4)c3)c(-c3ccc(-c4ccc5c(c4)C4CC6CC(CC5C6)C4)nc3)c2)cc1. The zero-order valence-corrected chi connectivity index (χ0v) is 59.2. The van der Waals surface area contributed by atoms with Crippen LogP contribution in [-0.4, -0.2) is 15.0 Å². The van der Waals surface area contributed by atoms with E-state index in [4.69, 9.17) is 15.0 Å². The molecule has 13 aromatic rings. The molecule has 8 unspecified atom stereocenters. The number of aromatic nitrogens is 3. The van der Waals surface area contributed by atoms with Crippen LogP contribution in [-0.2, 0) is 0 Å². The molecule has 11 aliphatic carbocycles. The molecule has 8 atom stereocenters. The van der Waals surface area contributed by atoms with Gasteiger partial charge in [-0.15, -0.1) is 0 Å². The van der Waals surface area contributed by atoms with Crippen molar-refractivity contribution in [1.29, 1.82) is 0 Å². The van der Waals surface area contributed by atoms with Gasteiger partial charge in [-0.05, 0) is 351 Å². The van der Waals surface area contributed by atoms with Crippen LogP contribution in [0, 0.1) is 35.5 Å². The van der Waals surface area contributed by atoms with Crippen molar-refractivity contribution in [1.82, 2.24) is 15.0 Å². The van der Waals surface area contributed by atoms with Crippen LogP contribution in [0.2, 0.25) is 0 Å². The Morgan fingerprint density at radius 2 is 0.490 bits per heavy atom. The van der Waals surface area contributed by atoms with Crippen molar-refractivity contribution in [3.8, 4) is 134 Å². The highest BCUT2D eigenvalue weighted by atomic mass is 14.7. The molecule has 0 radical (unpaired) electrons. The third-order valence-corrected chi connectivity index (χ3v) is 27.5. The molecule has 0 saturated heterocycles. The summed E-state index contributed by atoms with van der Waals surface area (Å²) >= 11 is 0. The number of rotatable bonds is 12. The fourth-order valence-electron chi connectivity index (χ4n) is 23.1. The molecule has 0 amide bonds. The van der Waals surface area contributed by atoms with E-state index in [1.165, 1.54) is 140 Å². The highest BCUT2D eigenvalue weighted by Crippen LogP contribution is 2.62. The molecule has 3 heterocycles. The second-order valence-electron chi connectivity index (χ2n) is 33.5. The van der Waals surface area contributed by atoms with Gasteiger partial charge in [-0.25, -0.2) is 0 Å². The smallest absolute Gasteiger partial charge is 0.0702 e. The molecule has 0 N–H and O–H groups in total. The number of pyridine rings is 3. The highest BCUT2D eigenvalue weighted by Gasteiger charge is 2.48. The summed E-state index contributed by atoms with van der Waals surface area (Å²) in [6.45, 7) is 0. The van der Waals surface area contributed by atoms with Crippen molar-refractivity contribution in [3.05, 3.63) is 307 Å². The van der Waals surface area contributed by atoms with Crippen LogP contribution in [0.3, 0.4) is 0 Å². The third-order valence-electron chi connectivity index (χ3n) is 27.5. The molecule has 10 aromatic carbocycles. The van der Waals surface area contributed by atoms with Crippen molar-refractivity contribution in [2.45, 2.75) is 125 Å². The lowest BCUT2D eigenvalue weighted by Gasteiger charge is -2.38. The van der Waals surface area contributed by atoms with Crippen LogP contribution in [0.25, 0.3) is 134 Å². The van der Waals surface area contributed by atoms with Gasteiger partial charge in [0, 0.05) is 52.0 Å². The van der Waals surface area contributed by atoms with Gasteiger partial charge in [-0.2, -0.15) is 0 Å². The summed E-state index contributed by atoms with van der Waals surface area (Å²) in [7, 11) is 0. The molecule has 3 heteroatoms. The molecule has 504 valence electrons. The van der Waals surface area contributed by atoms with Crippen LogP contribution in [0.4, 0.5) is 0 Å². The minimum Gasteiger partial charge on any atom is -0.256 e. The topological polar surface area (TPSA) is 38.7 Å². The largest absolute Gasteiger partial charge is 0.256 e. The Hall–Kier alpha value is -10.4. The number of hydrogen-bond acceptors (Lipinski definition) is 3. The van der Waals surface area contributed by atoms with Gasteiger partial charge < -0.3 is 0 Å². The maximum Gasteiger partial charge on any atom is 0.0702 e. The monoisotopic (exact) mass is 1340 g/mol. The Bertz CT molecular complexity index is 5260. The van der Waals surface area contributed by atoms with Crippen LogP contribution in [0.1, 0.15) is 159 Å². The van der Waals surface area contributed by atoms with E-state index in [1.807, 2.05) is 0 Å². The highest BCUT2D eigenvalue weighted by molar-refractivity contribution is 5.97. The summed E-state index contributed by atoms with van der Waals surface area (Å²) in [5.41, 5.74) is 37.0. The Balaban J connectivity index is 0.709. The van der Waals surface area contributed by atoms with Gasteiger partial charge in [0.25, 0.3) is 0 Å². The first-order valence-corrected chi connectivity index (χ1v) is 39.4. The fraction of sp³-hybridized carbons (Fsp3) is 0.257. The van der Waals surface area contributed by atoms with E-state index in [1.54, 1.807) is 33.4 Å². The zero-order valence-electron chi connectivity index (χ0n) is 59.2. The van der Waals surface area contributed by atoms with Gasteiger partial charge in [-0.1, -0.05) is 182 Å².